The van der Waals surface area contributed by atoms with Gasteiger partial charge in [0.05, 0.1) is 5.69 Å². The molecule has 1 N–H and O–H groups in total. The number of aromatic nitrogens is 1. The molecule has 0 unspecified atom stereocenters. The van der Waals surface area contributed by atoms with Gasteiger partial charge in [0.1, 0.15) is 0 Å². The molecule has 1 saturated carbocycles. The quantitative estimate of drug-likeness (QED) is 0.864. The predicted octanol–water partition coefficient (Wildman–Crippen LogP) is 3.58. The van der Waals surface area contributed by atoms with Crippen molar-refractivity contribution in [2.75, 3.05) is 18.5 Å². The Balaban J connectivity index is 1.93. The van der Waals surface area contributed by atoms with E-state index in [-0.39, 0.29) is 0 Å². The zero-order valence-electron chi connectivity index (χ0n) is 12.7. The summed E-state index contributed by atoms with van der Waals surface area (Å²) in [5.41, 5.74) is 1.19. The Morgan fingerprint density at radius 1 is 1.37 bits per heavy atom. The van der Waals surface area contributed by atoms with Crippen molar-refractivity contribution in [2.24, 2.45) is 5.92 Å². The third-order valence-corrected chi connectivity index (χ3v) is 5.16. The first kappa shape index (κ1) is 14.8. The monoisotopic (exact) mass is 281 g/mol. The first-order valence-corrected chi connectivity index (χ1v) is 8.28. The Morgan fingerprint density at radius 3 is 2.68 bits per heavy atom. The molecule has 0 atom stereocenters. The summed E-state index contributed by atoms with van der Waals surface area (Å²) in [7, 11) is 2.19. The van der Waals surface area contributed by atoms with Crippen LogP contribution in [0.2, 0.25) is 0 Å². The molecule has 0 bridgehead atoms. The lowest BCUT2D eigenvalue weighted by Gasteiger charge is -2.19. The van der Waals surface area contributed by atoms with Crippen LogP contribution >= 0.6 is 11.3 Å². The van der Waals surface area contributed by atoms with Gasteiger partial charge in [-0.25, -0.2) is 4.98 Å². The zero-order valence-corrected chi connectivity index (χ0v) is 13.5. The Morgan fingerprint density at radius 2 is 2.05 bits per heavy atom. The number of thiazole rings is 1. The fourth-order valence-electron chi connectivity index (χ4n) is 2.70. The second-order valence-corrected chi connectivity index (χ2v) is 7.13. The Hall–Kier alpha value is -0.610. The van der Waals surface area contributed by atoms with Crippen molar-refractivity contribution >= 4 is 16.5 Å². The molecule has 2 rings (SSSR count). The van der Waals surface area contributed by atoms with Crippen LogP contribution in [-0.4, -0.2) is 24.6 Å². The van der Waals surface area contributed by atoms with Crippen molar-refractivity contribution in [1.82, 2.24) is 10.3 Å². The van der Waals surface area contributed by atoms with Crippen LogP contribution in [0.3, 0.4) is 0 Å². The topological polar surface area (TPSA) is 28.2 Å². The van der Waals surface area contributed by atoms with Crippen LogP contribution in [0.5, 0.6) is 0 Å². The number of hydrogen-bond donors (Lipinski definition) is 1. The minimum atomic E-state index is 0.529. The van der Waals surface area contributed by atoms with E-state index < -0.39 is 0 Å². The number of nitrogens with zero attached hydrogens (tertiary/aromatic N) is 2. The van der Waals surface area contributed by atoms with E-state index in [1.807, 2.05) is 11.3 Å². The molecule has 1 aliphatic rings. The minimum Gasteiger partial charge on any atom is -0.351 e. The average molecular weight is 281 g/mol. The van der Waals surface area contributed by atoms with Crippen LogP contribution < -0.4 is 10.2 Å². The van der Waals surface area contributed by atoms with Crippen LogP contribution in [0.15, 0.2) is 0 Å². The maximum absolute atomic E-state index is 4.74. The van der Waals surface area contributed by atoms with Gasteiger partial charge in [-0.15, -0.1) is 11.3 Å². The molecule has 0 amide bonds. The molecule has 108 valence electrons. The first-order chi connectivity index (χ1) is 9.06. The van der Waals surface area contributed by atoms with Gasteiger partial charge in [0.15, 0.2) is 5.13 Å². The number of rotatable bonds is 6. The van der Waals surface area contributed by atoms with Gasteiger partial charge in [-0.05, 0) is 25.7 Å². The Kier molecular flexibility index (Phi) is 5.22. The molecule has 0 aliphatic heterocycles. The maximum Gasteiger partial charge on any atom is 0.185 e. The maximum atomic E-state index is 4.74. The Labute approximate surface area is 121 Å². The summed E-state index contributed by atoms with van der Waals surface area (Å²) in [6.45, 7) is 8.61. The van der Waals surface area contributed by atoms with E-state index in [4.69, 9.17) is 4.98 Å². The van der Waals surface area contributed by atoms with Crippen LogP contribution in [0.4, 0.5) is 5.13 Å². The second kappa shape index (κ2) is 6.71. The third-order valence-electron chi connectivity index (χ3n) is 3.89. The molecule has 0 saturated heterocycles. The Bertz CT molecular complexity index is 394. The van der Waals surface area contributed by atoms with Crippen LogP contribution in [-0.2, 0) is 6.54 Å². The number of hydrogen-bond acceptors (Lipinski definition) is 4. The summed E-state index contributed by atoms with van der Waals surface area (Å²) in [4.78, 5) is 8.47. The molecule has 1 aliphatic carbocycles. The SMILES string of the molecule is Cc1nc(N(C)CC2CCCC2)sc1CNC(C)C. The fraction of sp³-hybridized carbons (Fsp3) is 0.800. The summed E-state index contributed by atoms with van der Waals surface area (Å²) < 4.78 is 0. The minimum absolute atomic E-state index is 0.529. The lowest BCUT2D eigenvalue weighted by Crippen LogP contribution is -2.23. The molecule has 19 heavy (non-hydrogen) atoms. The highest BCUT2D eigenvalue weighted by Crippen LogP contribution is 2.29. The van der Waals surface area contributed by atoms with E-state index >= 15 is 0 Å². The molecule has 1 aromatic rings. The van der Waals surface area contributed by atoms with Gasteiger partial charge >= 0.3 is 0 Å². The van der Waals surface area contributed by atoms with Gasteiger partial charge in [-0.2, -0.15) is 0 Å². The van der Waals surface area contributed by atoms with E-state index in [9.17, 15) is 0 Å². The number of nitrogens with one attached hydrogen (secondary N) is 1. The van der Waals surface area contributed by atoms with Gasteiger partial charge in [-0.1, -0.05) is 26.7 Å². The number of aryl methyl sites for hydroxylation is 1. The molecule has 0 aromatic carbocycles. The molecular weight excluding hydrogens is 254 g/mol. The summed E-state index contributed by atoms with van der Waals surface area (Å²) >= 11 is 1.85. The van der Waals surface area contributed by atoms with Crippen molar-refractivity contribution in [1.29, 1.82) is 0 Å². The molecule has 0 radical (unpaired) electrons. The van der Waals surface area contributed by atoms with Crippen molar-refractivity contribution in [3.63, 3.8) is 0 Å². The summed E-state index contributed by atoms with van der Waals surface area (Å²) in [5, 5.41) is 4.67. The molecule has 1 heterocycles. The normalized spacial score (nSPS) is 16.5. The average Bonchev–Trinajstić information content (AvgIpc) is 2.96. The molecule has 3 nitrogen and oxygen atoms in total. The van der Waals surface area contributed by atoms with Gasteiger partial charge in [0.25, 0.3) is 0 Å². The van der Waals surface area contributed by atoms with Gasteiger partial charge < -0.3 is 10.2 Å². The van der Waals surface area contributed by atoms with Gasteiger partial charge in [0, 0.05) is 31.1 Å². The summed E-state index contributed by atoms with van der Waals surface area (Å²) in [6.07, 6.45) is 5.63. The van der Waals surface area contributed by atoms with Crippen molar-refractivity contribution in [3.8, 4) is 0 Å². The summed E-state index contributed by atoms with van der Waals surface area (Å²) in [6, 6.07) is 0.529. The van der Waals surface area contributed by atoms with E-state index in [1.165, 1.54) is 47.9 Å². The van der Waals surface area contributed by atoms with Gasteiger partial charge in [0.2, 0.25) is 0 Å². The van der Waals surface area contributed by atoms with E-state index in [0.717, 1.165) is 12.5 Å². The van der Waals surface area contributed by atoms with Crippen molar-refractivity contribution in [3.05, 3.63) is 10.6 Å². The molecule has 1 fully saturated rings. The van der Waals surface area contributed by atoms with E-state index in [0.29, 0.717) is 6.04 Å². The third kappa shape index (κ3) is 4.18. The molecule has 4 heteroatoms. The van der Waals surface area contributed by atoms with Crippen LogP contribution in [0.25, 0.3) is 0 Å². The van der Waals surface area contributed by atoms with Gasteiger partial charge in [-0.3, -0.25) is 0 Å². The molecular formula is C15H27N3S. The zero-order chi connectivity index (χ0) is 13.8. The lowest BCUT2D eigenvalue weighted by molar-refractivity contribution is 0.546. The fourth-order valence-corrected chi connectivity index (χ4v) is 3.68. The van der Waals surface area contributed by atoms with Crippen molar-refractivity contribution < 1.29 is 0 Å². The van der Waals surface area contributed by atoms with E-state index in [2.05, 4.69) is 38.0 Å². The van der Waals surface area contributed by atoms with Crippen LogP contribution in [0.1, 0.15) is 50.1 Å². The number of anilines is 1. The van der Waals surface area contributed by atoms with Crippen molar-refractivity contribution in [2.45, 2.75) is 59.0 Å². The highest BCUT2D eigenvalue weighted by Gasteiger charge is 2.19. The molecule has 0 spiro atoms. The van der Waals surface area contributed by atoms with E-state index in [1.54, 1.807) is 0 Å². The standard InChI is InChI=1S/C15H27N3S/c1-11(2)16-9-14-12(3)17-15(19-14)18(4)10-13-7-5-6-8-13/h11,13,16H,5-10H2,1-4H3. The highest BCUT2D eigenvalue weighted by atomic mass is 32.1. The highest BCUT2D eigenvalue weighted by molar-refractivity contribution is 7.15. The second-order valence-electron chi connectivity index (χ2n) is 6.07. The summed E-state index contributed by atoms with van der Waals surface area (Å²) in [5.74, 6) is 0.881. The van der Waals surface area contributed by atoms with Crippen LogP contribution in [0, 0.1) is 12.8 Å². The lowest BCUT2D eigenvalue weighted by atomic mass is 10.1. The largest absolute Gasteiger partial charge is 0.351 e. The smallest absolute Gasteiger partial charge is 0.185 e. The molecule has 1 aromatic heterocycles. The first-order valence-electron chi connectivity index (χ1n) is 7.47. The predicted molar refractivity (Wildman–Crippen MR) is 84.1 cm³/mol.